The van der Waals surface area contributed by atoms with Crippen LogP contribution in [-0.2, 0) is 14.3 Å². The van der Waals surface area contributed by atoms with Gasteiger partial charge >= 0.3 is 5.97 Å². The van der Waals surface area contributed by atoms with Gasteiger partial charge in [-0.2, -0.15) is 0 Å². The number of ether oxygens (including phenoxy) is 1. The molecule has 13 heavy (non-hydrogen) atoms. The Labute approximate surface area is 78.4 Å². The van der Waals surface area contributed by atoms with Crippen molar-refractivity contribution in [2.24, 2.45) is 11.7 Å². The lowest BCUT2D eigenvalue weighted by Gasteiger charge is -2.09. The summed E-state index contributed by atoms with van der Waals surface area (Å²) in [5.74, 6) is -0.333. The predicted octanol–water partition coefficient (Wildman–Crippen LogP) is 0.492. The van der Waals surface area contributed by atoms with Crippen LogP contribution in [0.5, 0.6) is 0 Å². The highest BCUT2D eigenvalue weighted by molar-refractivity contribution is 5.81. The molecule has 0 fully saturated rings. The number of esters is 1. The Morgan fingerprint density at radius 2 is 1.92 bits per heavy atom. The number of hydrogen-bond donors (Lipinski definition) is 1. The van der Waals surface area contributed by atoms with Crippen molar-refractivity contribution in [1.29, 1.82) is 0 Å². The van der Waals surface area contributed by atoms with Gasteiger partial charge in [-0.15, -0.1) is 0 Å². The Hall–Kier alpha value is -0.900. The van der Waals surface area contributed by atoms with Gasteiger partial charge in [0.05, 0.1) is 7.11 Å². The molecular weight excluding hydrogens is 170 g/mol. The van der Waals surface area contributed by atoms with Crippen molar-refractivity contribution in [3.8, 4) is 0 Å². The topological polar surface area (TPSA) is 69.4 Å². The fourth-order valence-electron chi connectivity index (χ4n) is 0.856. The fraction of sp³-hybridized carbons (Fsp3) is 0.778. The molecule has 0 saturated heterocycles. The smallest absolute Gasteiger partial charge is 0.322 e. The zero-order valence-electron chi connectivity index (χ0n) is 8.37. The molecule has 0 heterocycles. The fourth-order valence-corrected chi connectivity index (χ4v) is 0.856. The molecule has 0 aromatic rings. The highest BCUT2D eigenvalue weighted by Gasteiger charge is 2.16. The summed E-state index contributed by atoms with van der Waals surface area (Å²) in [5, 5.41) is 0. The van der Waals surface area contributed by atoms with E-state index in [0.29, 0.717) is 12.8 Å². The second-order valence-corrected chi connectivity index (χ2v) is 3.29. The van der Waals surface area contributed by atoms with E-state index in [9.17, 15) is 9.59 Å². The summed E-state index contributed by atoms with van der Waals surface area (Å²) >= 11 is 0. The average molecular weight is 187 g/mol. The molecule has 0 spiro atoms. The van der Waals surface area contributed by atoms with Crippen LogP contribution in [0.3, 0.4) is 0 Å². The van der Waals surface area contributed by atoms with Crippen LogP contribution in [0, 0.1) is 5.92 Å². The predicted molar refractivity (Wildman–Crippen MR) is 49.1 cm³/mol. The van der Waals surface area contributed by atoms with Crippen LogP contribution in [0.2, 0.25) is 0 Å². The van der Waals surface area contributed by atoms with Gasteiger partial charge in [0.2, 0.25) is 0 Å². The quantitative estimate of drug-likeness (QED) is 0.636. The van der Waals surface area contributed by atoms with Crippen molar-refractivity contribution < 1.29 is 14.3 Å². The highest BCUT2D eigenvalue weighted by Crippen LogP contribution is 2.04. The SMILES string of the molecule is COC(=O)[C@H](N)CCC(=O)C(C)C. The van der Waals surface area contributed by atoms with Gasteiger partial charge in [0.25, 0.3) is 0 Å². The number of rotatable bonds is 5. The van der Waals surface area contributed by atoms with Gasteiger partial charge in [0.1, 0.15) is 11.8 Å². The van der Waals surface area contributed by atoms with Gasteiger partial charge in [-0.3, -0.25) is 9.59 Å². The van der Waals surface area contributed by atoms with E-state index in [4.69, 9.17) is 5.73 Å². The summed E-state index contributed by atoms with van der Waals surface area (Å²) in [5.41, 5.74) is 5.45. The van der Waals surface area contributed by atoms with Gasteiger partial charge in [-0.05, 0) is 6.42 Å². The Morgan fingerprint density at radius 3 is 2.31 bits per heavy atom. The standard InChI is InChI=1S/C9H17NO3/c1-6(2)8(11)5-4-7(10)9(12)13-3/h6-7H,4-5,10H2,1-3H3/t7-/m1/s1. The Morgan fingerprint density at radius 1 is 1.38 bits per heavy atom. The van der Waals surface area contributed by atoms with E-state index in [0.717, 1.165) is 0 Å². The van der Waals surface area contributed by atoms with Gasteiger partial charge < -0.3 is 10.5 Å². The third-order valence-corrected chi connectivity index (χ3v) is 1.85. The average Bonchev–Trinajstić information content (AvgIpc) is 2.11. The second-order valence-electron chi connectivity index (χ2n) is 3.29. The van der Waals surface area contributed by atoms with Crippen LogP contribution in [0.4, 0.5) is 0 Å². The molecule has 4 heteroatoms. The van der Waals surface area contributed by atoms with Crippen molar-refractivity contribution >= 4 is 11.8 Å². The van der Waals surface area contributed by atoms with Gasteiger partial charge in [0.15, 0.2) is 0 Å². The Balaban J connectivity index is 3.76. The van der Waals surface area contributed by atoms with Gasteiger partial charge in [0, 0.05) is 12.3 Å². The zero-order chi connectivity index (χ0) is 10.4. The maximum Gasteiger partial charge on any atom is 0.322 e. The molecule has 0 aliphatic heterocycles. The van der Waals surface area contributed by atoms with Crippen LogP contribution in [0.1, 0.15) is 26.7 Å². The molecule has 0 aliphatic rings. The van der Waals surface area contributed by atoms with E-state index >= 15 is 0 Å². The van der Waals surface area contributed by atoms with Gasteiger partial charge in [-0.1, -0.05) is 13.8 Å². The molecule has 2 N–H and O–H groups in total. The van der Waals surface area contributed by atoms with Crippen LogP contribution < -0.4 is 5.73 Å². The second kappa shape index (κ2) is 5.70. The van der Waals surface area contributed by atoms with E-state index in [2.05, 4.69) is 4.74 Å². The molecule has 1 atom stereocenters. The Bertz CT molecular complexity index is 189. The van der Waals surface area contributed by atoms with Crippen LogP contribution >= 0.6 is 0 Å². The molecule has 0 bridgehead atoms. The first kappa shape index (κ1) is 12.1. The summed E-state index contributed by atoms with van der Waals surface area (Å²) in [6.45, 7) is 3.65. The van der Waals surface area contributed by atoms with Crippen molar-refractivity contribution in [3.05, 3.63) is 0 Å². The van der Waals surface area contributed by atoms with E-state index < -0.39 is 12.0 Å². The lowest BCUT2D eigenvalue weighted by atomic mass is 10.0. The van der Waals surface area contributed by atoms with Crippen molar-refractivity contribution in [1.82, 2.24) is 0 Å². The van der Waals surface area contributed by atoms with Gasteiger partial charge in [-0.25, -0.2) is 0 Å². The van der Waals surface area contributed by atoms with Crippen LogP contribution in [0.15, 0.2) is 0 Å². The number of carbonyl (C=O) groups is 2. The van der Waals surface area contributed by atoms with E-state index in [-0.39, 0.29) is 11.7 Å². The molecule has 0 aromatic carbocycles. The normalized spacial score (nSPS) is 12.7. The number of nitrogens with two attached hydrogens (primary N) is 1. The molecule has 0 saturated carbocycles. The number of carbonyl (C=O) groups excluding carboxylic acids is 2. The number of hydrogen-bond acceptors (Lipinski definition) is 4. The summed E-state index contributed by atoms with van der Waals surface area (Å²) < 4.78 is 4.43. The molecule has 76 valence electrons. The van der Waals surface area contributed by atoms with Crippen molar-refractivity contribution in [2.75, 3.05) is 7.11 Å². The molecule has 4 nitrogen and oxygen atoms in total. The highest BCUT2D eigenvalue weighted by atomic mass is 16.5. The zero-order valence-corrected chi connectivity index (χ0v) is 8.37. The molecule has 0 aliphatic carbocycles. The monoisotopic (exact) mass is 187 g/mol. The number of Topliss-reactive ketones (excluding diaryl/α,β-unsaturated/α-hetero) is 1. The first-order chi connectivity index (χ1) is 5.99. The minimum atomic E-state index is -0.673. The number of ketones is 1. The molecule has 0 amide bonds. The molecule has 0 radical (unpaired) electrons. The third kappa shape index (κ3) is 4.62. The first-order valence-corrected chi connectivity index (χ1v) is 4.35. The van der Waals surface area contributed by atoms with Crippen LogP contribution in [0.25, 0.3) is 0 Å². The lowest BCUT2D eigenvalue weighted by molar-refractivity contribution is -0.142. The molecule has 0 unspecified atom stereocenters. The Kier molecular flexibility index (Phi) is 5.30. The van der Waals surface area contributed by atoms with E-state index in [1.54, 1.807) is 0 Å². The maximum atomic E-state index is 11.2. The van der Waals surface area contributed by atoms with Crippen molar-refractivity contribution in [2.45, 2.75) is 32.7 Å². The minimum absolute atomic E-state index is 0.00449. The summed E-state index contributed by atoms with van der Waals surface area (Å²) in [6, 6.07) is -0.673. The van der Waals surface area contributed by atoms with E-state index in [1.807, 2.05) is 13.8 Å². The number of methoxy groups -OCH3 is 1. The summed E-state index contributed by atoms with van der Waals surface area (Å²) in [4.78, 5) is 22.0. The van der Waals surface area contributed by atoms with E-state index in [1.165, 1.54) is 7.11 Å². The summed E-state index contributed by atoms with van der Waals surface area (Å²) in [7, 11) is 1.28. The first-order valence-electron chi connectivity index (χ1n) is 4.35. The summed E-state index contributed by atoms with van der Waals surface area (Å²) in [6.07, 6.45) is 0.706. The lowest BCUT2D eigenvalue weighted by Crippen LogP contribution is -2.32. The third-order valence-electron chi connectivity index (χ3n) is 1.85. The minimum Gasteiger partial charge on any atom is -0.468 e. The van der Waals surface area contributed by atoms with Crippen LogP contribution in [-0.4, -0.2) is 24.9 Å². The molecule has 0 rings (SSSR count). The molecule has 0 aromatic heterocycles. The largest absolute Gasteiger partial charge is 0.468 e. The maximum absolute atomic E-state index is 11.2. The molecular formula is C9H17NO3. The van der Waals surface area contributed by atoms with Crippen molar-refractivity contribution in [3.63, 3.8) is 0 Å².